The third-order valence-corrected chi connectivity index (χ3v) is 5.12. The van der Waals surface area contributed by atoms with Gasteiger partial charge in [0.25, 0.3) is 0 Å². The smallest absolute Gasteiger partial charge is 0.248 e. The number of morpholine rings is 1. The predicted molar refractivity (Wildman–Crippen MR) is 88.4 cm³/mol. The molecule has 0 radical (unpaired) electrons. The highest BCUT2D eigenvalue weighted by molar-refractivity contribution is 5.78. The molecule has 0 saturated carbocycles. The second-order valence-corrected chi connectivity index (χ2v) is 6.72. The Morgan fingerprint density at radius 1 is 1.30 bits per heavy atom. The minimum atomic E-state index is -0.234. The van der Waals surface area contributed by atoms with E-state index in [-0.39, 0.29) is 18.1 Å². The molecule has 1 unspecified atom stereocenters. The van der Waals surface area contributed by atoms with Crippen LogP contribution in [0.2, 0.25) is 0 Å². The van der Waals surface area contributed by atoms with Gasteiger partial charge in [-0.3, -0.25) is 4.79 Å². The highest BCUT2D eigenvalue weighted by atomic mass is 16.5. The van der Waals surface area contributed by atoms with Crippen molar-refractivity contribution in [2.45, 2.75) is 31.9 Å². The van der Waals surface area contributed by atoms with Gasteiger partial charge in [-0.2, -0.15) is 0 Å². The van der Waals surface area contributed by atoms with E-state index in [1.807, 2.05) is 29.2 Å². The predicted octanol–water partition coefficient (Wildman–Crippen LogP) is 1.81. The van der Waals surface area contributed by atoms with E-state index >= 15 is 0 Å². The number of methoxy groups -OCH3 is 1. The van der Waals surface area contributed by atoms with Gasteiger partial charge in [0, 0.05) is 6.54 Å². The highest BCUT2D eigenvalue weighted by Gasteiger charge is 2.42. The summed E-state index contributed by atoms with van der Waals surface area (Å²) in [5, 5.41) is 3.39. The number of hydrogen-bond donors (Lipinski definition) is 1. The molecule has 0 aromatic heterocycles. The molecule has 126 valence electrons. The Hall–Kier alpha value is -1.59. The summed E-state index contributed by atoms with van der Waals surface area (Å²) < 4.78 is 11.2. The molecule has 1 amide bonds. The second-order valence-electron chi connectivity index (χ2n) is 6.72. The number of carbonyl (C=O) groups is 1. The zero-order valence-electron chi connectivity index (χ0n) is 14.0. The van der Waals surface area contributed by atoms with Crippen molar-refractivity contribution >= 4 is 5.91 Å². The number of nitrogens with zero attached hydrogens (tertiary/aromatic N) is 1. The number of ether oxygens (including phenoxy) is 2. The van der Waals surface area contributed by atoms with Crippen LogP contribution in [0.5, 0.6) is 5.75 Å². The molecule has 2 aliphatic rings. The largest absolute Gasteiger partial charge is 0.497 e. The van der Waals surface area contributed by atoms with Crippen molar-refractivity contribution in [2.75, 3.05) is 33.4 Å². The van der Waals surface area contributed by atoms with Crippen molar-refractivity contribution < 1.29 is 14.3 Å². The Bertz CT molecular complexity index is 540. The van der Waals surface area contributed by atoms with E-state index in [0.29, 0.717) is 19.0 Å². The molecule has 1 aromatic rings. The summed E-state index contributed by atoms with van der Waals surface area (Å²) in [7, 11) is 1.66. The molecule has 1 atom stereocenters. The van der Waals surface area contributed by atoms with E-state index in [4.69, 9.17) is 9.47 Å². The first-order chi connectivity index (χ1) is 11.1. The summed E-state index contributed by atoms with van der Waals surface area (Å²) in [6.07, 6.45) is 2.22. The minimum absolute atomic E-state index is 0.0761. The molecule has 1 aromatic carbocycles. The summed E-state index contributed by atoms with van der Waals surface area (Å²) in [4.78, 5) is 14.2. The number of hydrogen-bond acceptors (Lipinski definition) is 4. The van der Waals surface area contributed by atoms with Crippen LogP contribution in [0.3, 0.4) is 0 Å². The number of piperidine rings is 1. The molecule has 0 spiro atoms. The quantitative estimate of drug-likeness (QED) is 0.920. The summed E-state index contributed by atoms with van der Waals surface area (Å²) in [6.45, 7) is 5.73. The number of nitrogens with one attached hydrogen (secondary N) is 1. The lowest BCUT2D eigenvalue weighted by Gasteiger charge is -2.46. The van der Waals surface area contributed by atoms with Crippen LogP contribution < -0.4 is 10.1 Å². The molecule has 0 bridgehead atoms. The van der Waals surface area contributed by atoms with E-state index in [1.54, 1.807) is 7.11 Å². The van der Waals surface area contributed by atoms with Gasteiger partial charge in [-0.25, -0.2) is 0 Å². The standard InChI is InChI=1S/C18H26N2O3/c1-18(15-7-9-19-10-8-15)13-20(17(21)12-23-18)11-14-3-5-16(22-2)6-4-14/h3-6,15,19H,7-13H2,1-2H3. The summed E-state index contributed by atoms with van der Waals surface area (Å²) in [5.74, 6) is 1.42. The second kappa shape index (κ2) is 6.89. The van der Waals surface area contributed by atoms with Crippen molar-refractivity contribution in [2.24, 2.45) is 5.92 Å². The van der Waals surface area contributed by atoms with Crippen LogP contribution in [-0.2, 0) is 16.1 Å². The molecule has 0 aliphatic carbocycles. The van der Waals surface area contributed by atoms with Crippen molar-refractivity contribution in [1.29, 1.82) is 0 Å². The van der Waals surface area contributed by atoms with Crippen LogP contribution in [0.15, 0.2) is 24.3 Å². The van der Waals surface area contributed by atoms with Crippen molar-refractivity contribution in [1.82, 2.24) is 10.2 Å². The van der Waals surface area contributed by atoms with Gasteiger partial charge in [-0.05, 0) is 56.5 Å². The van der Waals surface area contributed by atoms with E-state index in [9.17, 15) is 4.79 Å². The molecule has 2 fully saturated rings. The summed E-state index contributed by atoms with van der Waals surface area (Å²) >= 11 is 0. The zero-order chi connectivity index (χ0) is 16.3. The van der Waals surface area contributed by atoms with Crippen LogP contribution in [0, 0.1) is 5.92 Å². The van der Waals surface area contributed by atoms with E-state index in [1.165, 1.54) is 0 Å². The third-order valence-electron chi connectivity index (χ3n) is 5.12. The van der Waals surface area contributed by atoms with Gasteiger partial charge in [0.05, 0.1) is 19.3 Å². The SMILES string of the molecule is COc1ccc(CN2CC(C)(C3CCNCC3)OCC2=O)cc1. The Morgan fingerprint density at radius 3 is 2.65 bits per heavy atom. The lowest BCUT2D eigenvalue weighted by Crippen LogP contribution is -2.57. The lowest BCUT2D eigenvalue weighted by molar-refractivity contribution is -0.172. The van der Waals surface area contributed by atoms with Crippen LogP contribution in [-0.4, -0.2) is 49.8 Å². The van der Waals surface area contributed by atoms with Gasteiger partial charge >= 0.3 is 0 Å². The number of amides is 1. The third kappa shape index (κ3) is 3.67. The summed E-state index contributed by atoms with van der Waals surface area (Å²) in [6, 6.07) is 7.91. The molecule has 5 heteroatoms. The van der Waals surface area contributed by atoms with Crippen LogP contribution in [0.1, 0.15) is 25.3 Å². The molecule has 1 N–H and O–H groups in total. The average Bonchev–Trinajstić information content (AvgIpc) is 2.60. The van der Waals surface area contributed by atoms with Crippen molar-refractivity contribution in [3.63, 3.8) is 0 Å². The molecule has 5 nitrogen and oxygen atoms in total. The maximum atomic E-state index is 12.3. The topological polar surface area (TPSA) is 50.8 Å². The minimum Gasteiger partial charge on any atom is -0.497 e. The molecule has 2 aliphatic heterocycles. The van der Waals surface area contributed by atoms with Crippen LogP contribution >= 0.6 is 0 Å². The fraction of sp³-hybridized carbons (Fsp3) is 0.611. The van der Waals surface area contributed by atoms with Crippen LogP contribution in [0.4, 0.5) is 0 Å². The Balaban J connectivity index is 1.68. The van der Waals surface area contributed by atoms with Gasteiger partial charge < -0.3 is 19.7 Å². The van der Waals surface area contributed by atoms with Gasteiger partial charge in [0.1, 0.15) is 12.4 Å². The monoisotopic (exact) mass is 318 g/mol. The maximum absolute atomic E-state index is 12.3. The molecule has 3 rings (SSSR count). The van der Waals surface area contributed by atoms with Gasteiger partial charge in [-0.1, -0.05) is 12.1 Å². The first-order valence-corrected chi connectivity index (χ1v) is 8.36. The van der Waals surface area contributed by atoms with E-state index in [2.05, 4.69) is 12.2 Å². The Kier molecular flexibility index (Phi) is 4.87. The Labute approximate surface area is 137 Å². The molecular formula is C18H26N2O3. The number of carbonyl (C=O) groups excluding carboxylic acids is 1. The molecular weight excluding hydrogens is 292 g/mol. The van der Waals surface area contributed by atoms with Crippen LogP contribution in [0.25, 0.3) is 0 Å². The first-order valence-electron chi connectivity index (χ1n) is 8.36. The van der Waals surface area contributed by atoms with Crippen molar-refractivity contribution in [3.05, 3.63) is 29.8 Å². The zero-order valence-corrected chi connectivity index (χ0v) is 14.0. The number of rotatable bonds is 4. The van der Waals surface area contributed by atoms with Crippen molar-refractivity contribution in [3.8, 4) is 5.75 Å². The molecule has 2 heterocycles. The highest BCUT2D eigenvalue weighted by Crippen LogP contribution is 2.33. The molecule has 2 saturated heterocycles. The lowest BCUT2D eigenvalue weighted by atomic mass is 9.81. The maximum Gasteiger partial charge on any atom is 0.248 e. The normalized spacial score (nSPS) is 26.3. The first kappa shape index (κ1) is 16.3. The fourth-order valence-electron chi connectivity index (χ4n) is 3.61. The van der Waals surface area contributed by atoms with Gasteiger partial charge in [-0.15, -0.1) is 0 Å². The fourth-order valence-corrected chi connectivity index (χ4v) is 3.61. The van der Waals surface area contributed by atoms with Gasteiger partial charge in [0.2, 0.25) is 5.91 Å². The van der Waals surface area contributed by atoms with E-state index in [0.717, 1.165) is 37.2 Å². The average molecular weight is 318 g/mol. The van der Waals surface area contributed by atoms with Gasteiger partial charge in [0.15, 0.2) is 0 Å². The Morgan fingerprint density at radius 2 is 2.00 bits per heavy atom. The summed E-state index contributed by atoms with van der Waals surface area (Å²) in [5.41, 5.74) is 0.886. The number of benzene rings is 1. The molecule has 23 heavy (non-hydrogen) atoms. The van der Waals surface area contributed by atoms with E-state index < -0.39 is 0 Å².